The number of aliphatic carboxylic acids is 1. The third kappa shape index (κ3) is 2.98. The molecule has 2 saturated heterocycles. The summed E-state index contributed by atoms with van der Waals surface area (Å²) in [6.45, 7) is 2.43. The highest BCUT2D eigenvalue weighted by molar-refractivity contribution is 6.40. The summed E-state index contributed by atoms with van der Waals surface area (Å²) in [7, 11) is -1.39. The fraction of sp³-hybridized carbons (Fsp3) is 0.846. The first kappa shape index (κ1) is 17.2. The number of amides is 1. The molecule has 1 unspecified atom stereocenters. The predicted molar refractivity (Wildman–Crippen MR) is 79.9 cm³/mol. The molecule has 0 radical (unpaired) electrons. The van der Waals surface area contributed by atoms with Crippen molar-refractivity contribution in [3.63, 3.8) is 0 Å². The minimum absolute atomic E-state index is 0.167. The van der Waals surface area contributed by atoms with Crippen LogP contribution in [0.5, 0.6) is 0 Å². The van der Waals surface area contributed by atoms with Gasteiger partial charge in [-0.05, 0) is 26.1 Å². The number of carbonyl (C=O) groups is 2. The van der Waals surface area contributed by atoms with Crippen molar-refractivity contribution in [2.24, 2.45) is 11.7 Å². The predicted octanol–water partition coefficient (Wildman–Crippen LogP) is -1.77. The van der Waals surface area contributed by atoms with Crippen LogP contribution in [0, 0.1) is 5.92 Å². The Morgan fingerprint density at radius 1 is 1.50 bits per heavy atom. The molecule has 2 aliphatic heterocycles. The van der Waals surface area contributed by atoms with Crippen molar-refractivity contribution in [1.29, 1.82) is 0 Å². The van der Waals surface area contributed by atoms with Gasteiger partial charge in [0.1, 0.15) is 5.54 Å². The Bertz CT molecular complexity index is 447. The fourth-order valence-electron chi connectivity index (χ4n) is 3.79. The summed E-state index contributed by atoms with van der Waals surface area (Å²) in [5.41, 5.74) is 4.65. The molecule has 9 heteroatoms. The molecular formula is C13H24BN3O5. The van der Waals surface area contributed by atoms with Gasteiger partial charge in [-0.15, -0.1) is 0 Å². The van der Waals surface area contributed by atoms with Crippen LogP contribution in [-0.2, 0) is 9.59 Å². The number of carboxylic acids is 1. The Morgan fingerprint density at radius 2 is 2.18 bits per heavy atom. The average Bonchev–Trinajstić information content (AvgIpc) is 2.67. The number of rotatable bonds is 6. The third-order valence-corrected chi connectivity index (χ3v) is 4.90. The van der Waals surface area contributed by atoms with Crippen molar-refractivity contribution in [2.75, 3.05) is 13.1 Å². The van der Waals surface area contributed by atoms with Crippen molar-refractivity contribution >= 4 is 19.0 Å². The molecule has 22 heavy (non-hydrogen) atoms. The summed E-state index contributed by atoms with van der Waals surface area (Å²) in [6.07, 6.45) is 1.55. The second-order valence-electron chi connectivity index (χ2n) is 6.31. The second-order valence-corrected chi connectivity index (χ2v) is 6.31. The van der Waals surface area contributed by atoms with Crippen LogP contribution in [-0.4, -0.2) is 69.8 Å². The van der Waals surface area contributed by atoms with Gasteiger partial charge in [-0.25, -0.2) is 0 Å². The standard InChI is InChI=1S/C13H24BN3O5/c1-8(15)11(18)17-6-4-13(12(19)20)9(10(17)7-16-13)3-2-5-14(21)22/h8-10,16,21-22H,2-7,15H2,1H3,(H,19,20)/t8-,9+,10-,13?/m0/s1. The van der Waals surface area contributed by atoms with Crippen LogP contribution < -0.4 is 11.1 Å². The molecule has 2 aliphatic rings. The Balaban J connectivity index is 2.17. The fourth-order valence-corrected chi connectivity index (χ4v) is 3.79. The van der Waals surface area contributed by atoms with Crippen LogP contribution in [0.2, 0.25) is 6.32 Å². The molecule has 2 heterocycles. The topological polar surface area (TPSA) is 136 Å². The number of fused-ring (bicyclic) bond motifs is 2. The lowest BCUT2D eigenvalue weighted by molar-refractivity contribution is -0.152. The third-order valence-electron chi connectivity index (χ3n) is 4.90. The SMILES string of the molecule is C[C@H](N)C(=O)N1CCC2(C(=O)O)NC[C@H]1[C@H]2CCCB(O)O. The van der Waals surface area contributed by atoms with Gasteiger partial charge in [-0.1, -0.05) is 6.42 Å². The number of nitrogens with zero attached hydrogens (tertiary/aromatic N) is 1. The molecule has 4 atom stereocenters. The highest BCUT2D eigenvalue weighted by Crippen LogP contribution is 2.41. The van der Waals surface area contributed by atoms with Gasteiger partial charge in [0.05, 0.1) is 6.04 Å². The first-order chi connectivity index (χ1) is 10.3. The normalized spacial score (nSPS) is 31.9. The van der Waals surface area contributed by atoms with Crippen LogP contribution in [0.1, 0.15) is 26.2 Å². The van der Waals surface area contributed by atoms with E-state index < -0.39 is 24.7 Å². The van der Waals surface area contributed by atoms with Gasteiger partial charge in [-0.3, -0.25) is 14.9 Å². The van der Waals surface area contributed by atoms with Gasteiger partial charge in [0.25, 0.3) is 0 Å². The van der Waals surface area contributed by atoms with Gasteiger partial charge in [0, 0.05) is 25.0 Å². The zero-order valence-corrected chi connectivity index (χ0v) is 12.7. The van der Waals surface area contributed by atoms with Crippen LogP contribution in [0.15, 0.2) is 0 Å². The summed E-state index contributed by atoms with van der Waals surface area (Å²) >= 11 is 0. The van der Waals surface area contributed by atoms with Crippen LogP contribution in [0.4, 0.5) is 0 Å². The highest BCUT2D eigenvalue weighted by Gasteiger charge is 2.58. The molecule has 0 aromatic heterocycles. The molecule has 0 saturated carbocycles. The number of piperidine rings is 1. The van der Waals surface area contributed by atoms with E-state index in [1.54, 1.807) is 11.8 Å². The Morgan fingerprint density at radius 3 is 2.73 bits per heavy atom. The minimum atomic E-state index is -1.39. The number of nitrogens with one attached hydrogen (secondary N) is 1. The molecule has 0 aliphatic carbocycles. The van der Waals surface area contributed by atoms with E-state index in [1.807, 2.05) is 0 Å². The van der Waals surface area contributed by atoms with E-state index in [4.69, 9.17) is 15.8 Å². The molecule has 2 rings (SSSR count). The quantitative estimate of drug-likeness (QED) is 0.366. The number of carbonyl (C=O) groups excluding carboxylic acids is 1. The van der Waals surface area contributed by atoms with E-state index >= 15 is 0 Å². The largest absolute Gasteiger partial charge is 0.480 e. The van der Waals surface area contributed by atoms with Gasteiger partial charge < -0.3 is 25.8 Å². The van der Waals surface area contributed by atoms with E-state index in [0.717, 1.165) is 0 Å². The highest BCUT2D eigenvalue weighted by atomic mass is 16.4. The summed E-state index contributed by atoms with van der Waals surface area (Å²) in [6, 6.07) is -0.822. The molecule has 0 spiro atoms. The summed E-state index contributed by atoms with van der Waals surface area (Å²) < 4.78 is 0. The van der Waals surface area contributed by atoms with Crippen molar-refractivity contribution in [1.82, 2.24) is 10.2 Å². The molecule has 2 bridgehead atoms. The first-order valence-corrected chi connectivity index (χ1v) is 7.70. The van der Waals surface area contributed by atoms with Crippen molar-refractivity contribution in [3.05, 3.63) is 0 Å². The van der Waals surface area contributed by atoms with Crippen LogP contribution >= 0.6 is 0 Å². The zero-order valence-electron chi connectivity index (χ0n) is 12.7. The molecule has 2 fully saturated rings. The summed E-state index contributed by atoms with van der Waals surface area (Å²) in [5, 5.41) is 30.6. The maximum absolute atomic E-state index is 12.2. The summed E-state index contributed by atoms with van der Waals surface area (Å²) in [4.78, 5) is 25.7. The zero-order chi connectivity index (χ0) is 16.5. The summed E-state index contributed by atoms with van der Waals surface area (Å²) in [5.74, 6) is -1.32. The molecule has 0 aromatic rings. The van der Waals surface area contributed by atoms with Gasteiger partial charge in [-0.2, -0.15) is 0 Å². The molecule has 1 amide bonds. The Kier molecular flexibility index (Phi) is 5.11. The van der Waals surface area contributed by atoms with Crippen molar-refractivity contribution in [2.45, 2.75) is 50.1 Å². The molecule has 0 aromatic carbocycles. The smallest absolute Gasteiger partial charge is 0.451 e. The van der Waals surface area contributed by atoms with Gasteiger partial charge in [0.2, 0.25) is 5.91 Å². The molecular weight excluding hydrogens is 289 g/mol. The lowest BCUT2D eigenvalue weighted by Crippen LogP contribution is -2.61. The minimum Gasteiger partial charge on any atom is -0.480 e. The maximum Gasteiger partial charge on any atom is 0.451 e. The maximum atomic E-state index is 12.2. The lowest BCUT2D eigenvalue weighted by atomic mass is 9.72. The number of hydrogen-bond donors (Lipinski definition) is 5. The molecule has 124 valence electrons. The number of nitrogens with two attached hydrogens (primary N) is 1. The second kappa shape index (κ2) is 6.53. The number of likely N-dealkylation sites (tertiary alicyclic amines) is 1. The Labute approximate surface area is 129 Å². The van der Waals surface area contributed by atoms with Crippen molar-refractivity contribution in [3.8, 4) is 0 Å². The molecule has 6 N–H and O–H groups in total. The Hall–Kier alpha value is -1.16. The molecule has 8 nitrogen and oxygen atoms in total. The van der Waals surface area contributed by atoms with E-state index in [1.165, 1.54) is 0 Å². The number of carboxylic acid groups (broad SMARTS) is 1. The lowest BCUT2D eigenvalue weighted by Gasteiger charge is -2.44. The van der Waals surface area contributed by atoms with Crippen LogP contribution in [0.3, 0.4) is 0 Å². The van der Waals surface area contributed by atoms with E-state index in [0.29, 0.717) is 32.4 Å². The first-order valence-electron chi connectivity index (χ1n) is 7.70. The van der Waals surface area contributed by atoms with Gasteiger partial charge >= 0.3 is 13.1 Å². The van der Waals surface area contributed by atoms with E-state index in [9.17, 15) is 14.7 Å². The van der Waals surface area contributed by atoms with Crippen molar-refractivity contribution < 1.29 is 24.7 Å². The number of hydrogen-bond acceptors (Lipinski definition) is 6. The average molecular weight is 313 g/mol. The monoisotopic (exact) mass is 313 g/mol. The van der Waals surface area contributed by atoms with E-state index in [2.05, 4.69) is 5.32 Å². The van der Waals surface area contributed by atoms with E-state index in [-0.39, 0.29) is 24.2 Å². The van der Waals surface area contributed by atoms with Gasteiger partial charge in [0.15, 0.2) is 0 Å². The van der Waals surface area contributed by atoms with Crippen LogP contribution in [0.25, 0.3) is 0 Å².